The molecule has 1 rings (SSSR count). The van der Waals surface area contributed by atoms with Crippen LogP contribution in [-0.2, 0) is 0 Å². The Labute approximate surface area is 114 Å². The van der Waals surface area contributed by atoms with E-state index in [0.29, 0.717) is 24.1 Å². The van der Waals surface area contributed by atoms with Gasteiger partial charge in [-0.25, -0.2) is 0 Å². The van der Waals surface area contributed by atoms with Gasteiger partial charge in [-0.05, 0) is 12.1 Å². The monoisotopic (exact) mass is 270 g/mol. The van der Waals surface area contributed by atoms with Gasteiger partial charge in [-0.3, -0.25) is 0 Å². The van der Waals surface area contributed by atoms with Crippen LogP contribution < -0.4 is 4.74 Å². The number of aliphatic hydroxyl groups excluding tert-OH is 3. The van der Waals surface area contributed by atoms with Crippen molar-refractivity contribution in [2.45, 2.75) is 6.10 Å². The number of hydrogen-bond donors (Lipinski definition) is 3. The number of ether oxygens (including phenoxy) is 1. The summed E-state index contributed by atoms with van der Waals surface area (Å²) in [5, 5.41) is 28.1. The second-order valence-electron chi connectivity index (χ2n) is 4.97. The van der Waals surface area contributed by atoms with Crippen LogP contribution in [0.2, 0.25) is 0 Å². The Morgan fingerprint density at radius 2 is 1.68 bits per heavy atom. The Morgan fingerprint density at radius 3 is 2.21 bits per heavy atom. The van der Waals surface area contributed by atoms with Crippen molar-refractivity contribution in [1.82, 2.24) is 0 Å². The molecule has 0 aliphatic carbocycles. The number of quaternary nitrogens is 1. The number of aliphatic hydroxyl groups is 3. The molecule has 1 atom stereocenters. The second-order valence-corrected chi connectivity index (χ2v) is 4.97. The molecule has 3 N–H and O–H groups in total. The van der Waals surface area contributed by atoms with Gasteiger partial charge in [0.15, 0.2) is 0 Å². The maximum Gasteiger partial charge on any atom is 0.137 e. The van der Waals surface area contributed by atoms with Gasteiger partial charge in [-0.1, -0.05) is 18.2 Å². The molecule has 108 valence electrons. The first-order chi connectivity index (χ1) is 9.09. The predicted octanol–water partition coefficient (Wildman–Crippen LogP) is -0.142. The van der Waals surface area contributed by atoms with Crippen molar-refractivity contribution in [3.8, 4) is 5.75 Å². The van der Waals surface area contributed by atoms with Crippen LogP contribution in [-0.4, -0.2) is 72.4 Å². The fourth-order valence-corrected chi connectivity index (χ4v) is 2.05. The molecule has 0 aliphatic heterocycles. The number of nitrogens with zero attached hydrogens (tertiary/aromatic N) is 1. The lowest BCUT2D eigenvalue weighted by atomic mass is 10.2. The third-order valence-electron chi connectivity index (χ3n) is 3.12. The Bertz CT molecular complexity index is 339. The Kier molecular flexibility index (Phi) is 6.80. The van der Waals surface area contributed by atoms with Gasteiger partial charge in [0.05, 0.1) is 20.3 Å². The van der Waals surface area contributed by atoms with Crippen molar-refractivity contribution in [1.29, 1.82) is 0 Å². The standard InChI is InChI=1S/C14H24NO4/c1-15(7-9-16,8-10-17)11-13(18)12-19-14-5-3-2-4-6-14/h2-6,13,16-18H,7-12H2,1H3/q+1/t13-/m1/s1. The molecule has 0 spiro atoms. The number of benzene rings is 1. The zero-order valence-electron chi connectivity index (χ0n) is 11.4. The molecule has 0 fully saturated rings. The van der Waals surface area contributed by atoms with Crippen molar-refractivity contribution in [3.63, 3.8) is 0 Å². The topological polar surface area (TPSA) is 69.9 Å². The normalized spacial score (nSPS) is 13.3. The van der Waals surface area contributed by atoms with E-state index < -0.39 is 6.10 Å². The lowest BCUT2D eigenvalue weighted by molar-refractivity contribution is -0.913. The first kappa shape index (κ1) is 15.9. The van der Waals surface area contributed by atoms with Crippen LogP contribution in [0.1, 0.15) is 0 Å². The van der Waals surface area contributed by atoms with Gasteiger partial charge < -0.3 is 24.5 Å². The van der Waals surface area contributed by atoms with Crippen molar-refractivity contribution in [2.24, 2.45) is 0 Å². The third kappa shape index (κ3) is 6.02. The van der Waals surface area contributed by atoms with Gasteiger partial charge in [0, 0.05) is 0 Å². The van der Waals surface area contributed by atoms with Crippen LogP contribution in [0.5, 0.6) is 5.75 Å². The average Bonchev–Trinajstić information content (AvgIpc) is 2.38. The van der Waals surface area contributed by atoms with E-state index in [1.165, 1.54) is 0 Å². The molecule has 0 aliphatic rings. The molecule has 0 amide bonds. The minimum Gasteiger partial charge on any atom is -0.491 e. The zero-order chi connectivity index (χ0) is 14.1. The molecule has 0 radical (unpaired) electrons. The van der Waals surface area contributed by atoms with Gasteiger partial charge in [0.25, 0.3) is 0 Å². The Morgan fingerprint density at radius 1 is 1.11 bits per heavy atom. The highest BCUT2D eigenvalue weighted by Crippen LogP contribution is 2.10. The second kappa shape index (κ2) is 8.12. The summed E-state index contributed by atoms with van der Waals surface area (Å²) in [6.45, 7) is 1.71. The van der Waals surface area contributed by atoms with E-state index in [1.54, 1.807) is 0 Å². The number of para-hydroxylation sites is 1. The predicted molar refractivity (Wildman–Crippen MR) is 72.9 cm³/mol. The zero-order valence-corrected chi connectivity index (χ0v) is 11.4. The summed E-state index contributed by atoms with van der Waals surface area (Å²) in [5.74, 6) is 0.722. The lowest BCUT2D eigenvalue weighted by Gasteiger charge is -2.35. The van der Waals surface area contributed by atoms with E-state index in [2.05, 4.69) is 0 Å². The fraction of sp³-hybridized carbons (Fsp3) is 0.571. The lowest BCUT2D eigenvalue weighted by Crippen LogP contribution is -2.53. The van der Waals surface area contributed by atoms with Gasteiger partial charge >= 0.3 is 0 Å². The summed E-state index contributed by atoms with van der Waals surface area (Å²) in [5.41, 5.74) is 0. The van der Waals surface area contributed by atoms with Crippen LogP contribution in [0.3, 0.4) is 0 Å². The molecule has 1 aromatic carbocycles. The summed E-state index contributed by atoms with van der Waals surface area (Å²) < 4.78 is 5.91. The van der Waals surface area contributed by atoms with Gasteiger partial charge in [-0.15, -0.1) is 0 Å². The molecule has 0 saturated carbocycles. The van der Waals surface area contributed by atoms with Gasteiger partial charge in [0.1, 0.15) is 38.1 Å². The summed E-state index contributed by atoms with van der Waals surface area (Å²) in [7, 11) is 1.90. The minimum absolute atomic E-state index is 0.0305. The molecule has 1 aromatic rings. The minimum atomic E-state index is -0.636. The Balaban J connectivity index is 2.42. The summed E-state index contributed by atoms with van der Waals surface area (Å²) in [4.78, 5) is 0. The van der Waals surface area contributed by atoms with Crippen LogP contribution in [0.4, 0.5) is 0 Å². The maximum absolute atomic E-state index is 10.00. The molecule has 0 bridgehead atoms. The van der Waals surface area contributed by atoms with Crippen LogP contribution in [0.25, 0.3) is 0 Å². The van der Waals surface area contributed by atoms with Gasteiger partial charge in [-0.2, -0.15) is 0 Å². The molecule has 5 heteroatoms. The van der Waals surface area contributed by atoms with E-state index >= 15 is 0 Å². The van der Waals surface area contributed by atoms with E-state index in [0.717, 1.165) is 5.75 Å². The van der Waals surface area contributed by atoms with Crippen LogP contribution in [0.15, 0.2) is 30.3 Å². The van der Waals surface area contributed by atoms with E-state index in [9.17, 15) is 5.11 Å². The highest BCUT2D eigenvalue weighted by Gasteiger charge is 2.24. The molecule has 0 aromatic heterocycles. The summed E-state index contributed by atoms with van der Waals surface area (Å²) >= 11 is 0. The smallest absolute Gasteiger partial charge is 0.137 e. The SMILES string of the molecule is C[N+](CCO)(CCO)C[C@@H](O)COc1ccccc1. The van der Waals surface area contributed by atoms with Crippen molar-refractivity contribution >= 4 is 0 Å². The van der Waals surface area contributed by atoms with Crippen molar-refractivity contribution in [3.05, 3.63) is 30.3 Å². The molecule has 0 heterocycles. The van der Waals surface area contributed by atoms with Crippen LogP contribution >= 0.6 is 0 Å². The number of hydrogen-bond acceptors (Lipinski definition) is 4. The highest BCUT2D eigenvalue weighted by atomic mass is 16.5. The molecule has 19 heavy (non-hydrogen) atoms. The first-order valence-corrected chi connectivity index (χ1v) is 6.51. The molecular formula is C14H24NO4+. The number of rotatable bonds is 9. The van der Waals surface area contributed by atoms with Crippen molar-refractivity contribution < 1.29 is 24.5 Å². The maximum atomic E-state index is 10.00. The van der Waals surface area contributed by atoms with E-state index in [4.69, 9.17) is 14.9 Å². The molecule has 5 nitrogen and oxygen atoms in total. The summed E-state index contributed by atoms with van der Waals surface area (Å²) in [6.07, 6.45) is -0.636. The highest BCUT2D eigenvalue weighted by molar-refractivity contribution is 5.20. The average molecular weight is 270 g/mol. The van der Waals surface area contributed by atoms with Crippen LogP contribution in [0, 0.1) is 0 Å². The van der Waals surface area contributed by atoms with E-state index in [-0.39, 0.29) is 19.8 Å². The molecule has 0 unspecified atom stereocenters. The number of likely N-dealkylation sites (N-methyl/N-ethyl adjacent to an activating group) is 1. The third-order valence-corrected chi connectivity index (χ3v) is 3.12. The summed E-state index contributed by atoms with van der Waals surface area (Å²) in [6, 6.07) is 9.32. The Hall–Kier alpha value is -1.14. The largest absolute Gasteiger partial charge is 0.491 e. The van der Waals surface area contributed by atoms with E-state index in [1.807, 2.05) is 37.4 Å². The molecular weight excluding hydrogens is 246 g/mol. The molecule has 0 saturated heterocycles. The fourth-order valence-electron chi connectivity index (χ4n) is 2.05. The van der Waals surface area contributed by atoms with Crippen molar-refractivity contribution in [2.75, 3.05) is 46.5 Å². The quantitative estimate of drug-likeness (QED) is 0.546. The first-order valence-electron chi connectivity index (χ1n) is 6.51. The van der Waals surface area contributed by atoms with Gasteiger partial charge in [0.2, 0.25) is 0 Å².